The first kappa shape index (κ1) is 21.7. The van der Waals surface area contributed by atoms with Crippen molar-refractivity contribution in [1.82, 2.24) is 14.3 Å². The van der Waals surface area contributed by atoms with E-state index in [1.807, 2.05) is 0 Å². The van der Waals surface area contributed by atoms with Gasteiger partial charge in [0, 0.05) is 30.4 Å². The number of alkyl halides is 1. The number of carbonyl (C=O) groups is 1. The van der Waals surface area contributed by atoms with Gasteiger partial charge >= 0.3 is 6.09 Å². The van der Waals surface area contributed by atoms with E-state index in [4.69, 9.17) is 16.7 Å². The predicted molar refractivity (Wildman–Crippen MR) is 106 cm³/mol. The third kappa shape index (κ3) is 4.29. The highest BCUT2D eigenvalue weighted by atomic mass is 35.5. The zero-order valence-electron chi connectivity index (χ0n) is 15.3. The largest absolute Gasteiger partial charge is 0.465 e. The van der Waals surface area contributed by atoms with Gasteiger partial charge in [-0.25, -0.2) is 26.6 Å². The van der Waals surface area contributed by atoms with E-state index in [0.717, 1.165) is 12.4 Å². The normalized spacial score (nSPS) is 11.4. The third-order valence-electron chi connectivity index (χ3n) is 4.28. The average molecular weight is 456 g/mol. The molecular weight excluding hydrogens is 440 g/mol. The number of aromatic nitrogens is 2. The molecule has 158 valence electrons. The van der Waals surface area contributed by atoms with Gasteiger partial charge in [-0.3, -0.25) is 0 Å². The van der Waals surface area contributed by atoms with Gasteiger partial charge in [0.2, 0.25) is 5.95 Å². The maximum atomic E-state index is 15.2. The maximum Gasteiger partial charge on any atom is 0.404 e. The molecule has 0 radical (unpaired) electrons. The van der Waals surface area contributed by atoms with E-state index in [1.54, 1.807) is 6.07 Å². The summed E-state index contributed by atoms with van der Waals surface area (Å²) < 4.78 is 56.7. The van der Waals surface area contributed by atoms with Gasteiger partial charge in [0.15, 0.2) is 5.82 Å². The summed E-state index contributed by atoms with van der Waals surface area (Å²) >= 11 is 5.78. The van der Waals surface area contributed by atoms with Gasteiger partial charge in [-0.1, -0.05) is 12.1 Å². The van der Waals surface area contributed by atoms with Crippen molar-refractivity contribution in [3.05, 3.63) is 71.7 Å². The highest BCUT2D eigenvalue weighted by molar-refractivity contribution is 7.90. The van der Waals surface area contributed by atoms with Crippen LogP contribution in [0.15, 0.2) is 53.7 Å². The van der Waals surface area contributed by atoms with E-state index in [2.05, 4.69) is 10.3 Å². The Bertz CT molecular complexity index is 1200. The standard InChI is InChI=1S/C19H16ClF2N3O4S/c20-10-12-3-1-4-14(9-12)30(28,29)25-11-13(6-8-24-19(26)27)16(21)17(25)15-5-2-7-23-18(15)22/h1-5,7,9,11,24H,6,8,10H2,(H,26,27). The molecule has 7 nitrogen and oxygen atoms in total. The quantitative estimate of drug-likeness (QED) is 0.418. The Morgan fingerprint density at radius 2 is 2.00 bits per heavy atom. The minimum absolute atomic E-state index is 0.0690. The Labute approximate surface area is 176 Å². The van der Waals surface area contributed by atoms with E-state index in [-0.39, 0.29) is 34.9 Å². The molecule has 0 unspecified atom stereocenters. The van der Waals surface area contributed by atoms with Crippen LogP contribution in [0.4, 0.5) is 13.6 Å². The molecule has 0 fully saturated rings. The van der Waals surface area contributed by atoms with Crippen LogP contribution >= 0.6 is 11.6 Å². The lowest BCUT2D eigenvalue weighted by Gasteiger charge is -2.11. The molecule has 0 aliphatic heterocycles. The fourth-order valence-electron chi connectivity index (χ4n) is 2.88. The summed E-state index contributed by atoms with van der Waals surface area (Å²) in [6.07, 6.45) is 0.722. The van der Waals surface area contributed by atoms with Crippen LogP contribution in [0, 0.1) is 11.8 Å². The first-order valence-corrected chi connectivity index (χ1v) is 10.6. The van der Waals surface area contributed by atoms with E-state index in [0.29, 0.717) is 9.54 Å². The van der Waals surface area contributed by atoms with E-state index in [1.165, 1.54) is 30.3 Å². The van der Waals surface area contributed by atoms with E-state index in [9.17, 15) is 17.6 Å². The number of pyridine rings is 1. The molecule has 2 heterocycles. The lowest BCUT2D eigenvalue weighted by Crippen LogP contribution is -2.23. The van der Waals surface area contributed by atoms with Gasteiger partial charge in [0.05, 0.1) is 10.5 Å². The Morgan fingerprint density at radius 1 is 1.23 bits per heavy atom. The second-order valence-corrected chi connectivity index (χ2v) is 8.30. The molecule has 3 aromatic rings. The number of nitrogens with one attached hydrogen (secondary N) is 1. The molecule has 30 heavy (non-hydrogen) atoms. The minimum Gasteiger partial charge on any atom is -0.465 e. The smallest absolute Gasteiger partial charge is 0.404 e. The lowest BCUT2D eigenvalue weighted by atomic mass is 10.1. The number of nitrogens with zero attached hydrogens (tertiary/aromatic N) is 2. The molecule has 2 aromatic heterocycles. The summed E-state index contributed by atoms with van der Waals surface area (Å²) in [6.45, 7) is -0.160. The average Bonchev–Trinajstić information content (AvgIpc) is 3.05. The molecular formula is C19H16ClF2N3O4S. The van der Waals surface area contributed by atoms with Crippen LogP contribution in [0.3, 0.4) is 0 Å². The van der Waals surface area contributed by atoms with Crippen molar-refractivity contribution in [2.75, 3.05) is 6.54 Å². The number of amides is 1. The topological polar surface area (TPSA) is 101 Å². The van der Waals surface area contributed by atoms with Crippen LogP contribution in [0.2, 0.25) is 0 Å². The number of benzene rings is 1. The minimum atomic E-state index is -4.32. The van der Waals surface area contributed by atoms with Crippen LogP contribution in [0.5, 0.6) is 0 Å². The van der Waals surface area contributed by atoms with E-state index >= 15 is 4.39 Å². The number of halogens is 3. The van der Waals surface area contributed by atoms with Crippen LogP contribution in [-0.4, -0.2) is 35.1 Å². The van der Waals surface area contributed by atoms with Gasteiger partial charge in [-0.2, -0.15) is 4.39 Å². The van der Waals surface area contributed by atoms with Gasteiger partial charge in [-0.05, 0) is 36.2 Å². The van der Waals surface area contributed by atoms with Crippen LogP contribution in [-0.2, 0) is 22.3 Å². The van der Waals surface area contributed by atoms with Gasteiger partial charge in [0.25, 0.3) is 10.0 Å². The molecule has 1 amide bonds. The Hall–Kier alpha value is -2.98. The van der Waals surface area contributed by atoms with Crippen LogP contribution in [0.25, 0.3) is 11.3 Å². The summed E-state index contributed by atoms with van der Waals surface area (Å²) in [7, 11) is -4.32. The monoisotopic (exact) mass is 455 g/mol. The number of carboxylic acid groups (broad SMARTS) is 1. The summed E-state index contributed by atoms with van der Waals surface area (Å²) in [6, 6.07) is 8.34. The number of hydrogen-bond donors (Lipinski definition) is 2. The summed E-state index contributed by atoms with van der Waals surface area (Å²) in [5, 5.41) is 10.8. The third-order valence-corrected chi connectivity index (χ3v) is 6.24. The second kappa shape index (κ2) is 8.80. The van der Waals surface area contributed by atoms with Crippen molar-refractivity contribution in [2.24, 2.45) is 0 Å². The van der Waals surface area contributed by atoms with Gasteiger partial charge in [0.1, 0.15) is 5.69 Å². The zero-order chi connectivity index (χ0) is 21.9. The van der Waals surface area contributed by atoms with Gasteiger partial charge in [-0.15, -0.1) is 11.6 Å². The summed E-state index contributed by atoms with van der Waals surface area (Å²) in [5.74, 6) is -1.96. The second-order valence-electron chi connectivity index (χ2n) is 6.22. The lowest BCUT2D eigenvalue weighted by molar-refractivity contribution is 0.194. The molecule has 0 saturated heterocycles. The fraction of sp³-hybridized carbons (Fsp3) is 0.158. The van der Waals surface area contributed by atoms with Crippen molar-refractivity contribution in [2.45, 2.75) is 17.2 Å². The number of hydrogen-bond acceptors (Lipinski definition) is 4. The van der Waals surface area contributed by atoms with Crippen molar-refractivity contribution < 1.29 is 27.1 Å². The first-order valence-electron chi connectivity index (χ1n) is 8.63. The highest BCUT2D eigenvalue weighted by Crippen LogP contribution is 2.32. The summed E-state index contributed by atoms with van der Waals surface area (Å²) in [4.78, 5) is 14.0. The molecule has 3 rings (SSSR count). The van der Waals surface area contributed by atoms with Crippen molar-refractivity contribution in [3.63, 3.8) is 0 Å². The first-order chi connectivity index (χ1) is 14.3. The number of rotatable bonds is 7. The SMILES string of the molecule is O=C(O)NCCc1cn(S(=O)(=O)c2cccc(CCl)c2)c(-c2cccnc2F)c1F. The molecule has 2 N–H and O–H groups in total. The van der Waals surface area contributed by atoms with Crippen LogP contribution < -0.4 is 5.32 Å². The maximum absolute atomic E-state index is 15.2. The molecule has 0 saturated carbocycles. The fourth-order valence-corrected chi connectivity index (χ4v) is 4.51. The molecule has 1 aromatic carbocycles. The Balaban J connectivity index is 2.19. The van der Waals surface area contributed by atoms with E-state index < -0.39 is 33.6 Å². The molecule has 0 spiro atoms. The molecule has 0 aliphatic carbocycles. The Morgan fingerprint density at radius 3 is 2.67 bits per heavy atom. The zero-order valence-corrected chi connectivity index (χ0v) is 16.9. The van der Waals surface area contributed by atoms with Crippen molar-refractivity contribution in [1.29, 1.82) is 0 Å². The van der Waals surface area contributed by atoms with Crippen molar-refractivity contribution in [3.8, 4) is 11.3 Å². The molecule has 0 atom stereocenters. The molecule has 0 bridgehead atoms. The highest BCUT2D eigenvalue weighted by Gasteiger charge is 2.28. The van der Waals surface area contributed by atoms with Crippen molar-refractivity contribution >= 4 is 27.7 Å². The Kier molecular flexibility index (Phi) is 6.37. The molecule has 0 aliphatic rings. The van der Waals surface area contributed by atoms with Crippen LogP contribution in [0.1, 0.15) is 11.1 Å². The summed E-state index contributed by atoms with van der Waals surface area (Å²) in [5.41, 5.74) is -0.434. The molecule has 11 heteroatoms. The predicted octanol–water partition coefficient (Wildman–Crippen LogP) is 3.61. The van der Waals surface area contributed by atoms with Gasteiger partial charge < -0.3 is 10.4 Å².